The Morgan fingerprint density at radius 2 is 1.68 bits per heavy atom. The van der Waals surface area contributed by atoms with Crippen LogP contribution in [0.15, 0.2) is 94.5 Å². The van der Waals surface area contributed by atoms with Gasteiger partial charge in [-0.05, 0) is 81.2 Å². The van der Waals surface area contributed by atoms with Crippen LogP contribution in [0.1, 0.15) is 21.5 Å². The number of hydrazone groups is 1. The fraction of sp³-hybridized carbons (Fsp3) is 0.0741. The number of benzene rings is 4. The van der Waals surface area contributed by atoms with Crippen LogP contribution in [-0.4, -0.2) is 24.7 Å². The van der Waals surface area contributed by atoms with Gasteiger partial charge >= 0.3 is 5.97 Å². The quantitative estimate of drug-likeness (QED) is 0.149. The van der Waals surface area contributed by atoms with Crippen molar-refractivity contribution in [3.8, 4) is 11.5 Å². The first kappa shape index (κ1) is 23.2. The van der Waals surface area contributed by atoms with Crippen LogP contribution in [0.2, 0.25) is 0 Å². The maximum atomic E-state index is 12.3. The van der Waals surface area contributed by atoms with Crippen molar-refractivity contribution in [2.45, 2.75) is 6.92 Å². The lowest BCUT2D eigenvalue weighted by Gasteiger charge is -2.09. The highest BCUT2D eigenvalue weighted by Crippen LogP contribution is 2.32. The van der Waals surface area contributed by atoms with E-state index in [0.29, 0.717) is 17.1 Å². The van der Waals surface area contributed by atoms with Crippen LogP contribution in [0.5, 0.6) is 11.5 Å². The zero-order chi connectivity index (χ0) is 23.9. The average Bonchev–Trinajstić information content (AvgIpc) is 2.85. The predicted octanol–water partition coefficient (Wildman–Crippen LogP) is 5.66. The molecule has 4 aromatic carbocycles. The number of ether oxygens (including phenoxy) is 2. The van der Waals surface area contributed by atoms with Gasteiger partial charge in [0.2, 0.25) is 0 Å². The number of nitrogens with one attached hydrogen (secondary N) is 1. The first-order chi connectivity index (χ1) is 16.5. The molecule has 0 aliphatic heterocycles. The zero-order valence-electron chi connectivity index (χ0n) is 18.3. The third-order valence-electron chi connectivity index (χ3n) is 5.05. The lowest BCUT2D eigenvalue weighted by molar-refractivity contribution is -0.123. The van der Waals surface area contributed by atoms with Crippen LogP contribution in [0, 0.1) is 6.92 Å². The molecule has 0 atom stereocenters. The molecule has 0 aliphatic rings. The van der Waals surface area contributed by atoms with Gasteiger partial charge in [-0.2, -0.15) is 5.10 Å². The molecule has 0 aliphatic carbocycles. The van der Waals surface area contributed by atoms with Crippen molar-refractivity contribution in [1.82, 2.24) is 5.43 Å². The molecule has 1 amide bonds. The van der Waals surface area contributed by atoms with Gasteiger partial charge < -0.3 is 9.47 Å². The van der Waals surface area contributed by atoms with Crippen molar-refractivity contribution in [1.29, 1.82) is 0 Å². The van der Waals surface area contributed by atoms with Gasteiger partial charge in [-0.25, -0.2) is 10.2 Å². The standard InChI is InChI=1S/C27H21BrN2O4/c1-18-6-2-4-8-22(18)27(32)34-21-13-10-19(11-14-21)16-29-30-25(31)17-33-24-15-12-20-7-3-5-9-23(20)26(24)28/h2-16H,17H2,1H3,(H,30,31)/b29-16+. The van der Waals surface area contributed by atoms with E-state index in [-0.39, 0.29) is 12.5 Å². The summed E-state index contributed by atoms with van der Waals surface area (Å²) in [6.45, 7) is 1.68. The third-order valence-corrected chi connectivity index (χ3v) is 5.86. The molecule has 4 rings (SSSR count). The number of hydrogen-bond donors (Lipinski definition) is 1. The van der Waals surface area contributed by atoms with Crippen molar-refractivity contribution in [3.05, 3.63) is 106 Å². The number of carbonyl (C=O) groups is 2. The summed E-state index contributed by atoms with van der Waals surface area (Å²) in [6, 6.07) is 25.7. The minimum Gasteiger partial charge on any atom is -0.483 e. The monoisotopic (exact) mass is 516 g/mol. The van der Waals surface area contributed by atoms with E-state index in [1.807, 2.05) is 55.5 Å². The molecule has 0 saturated carbocycles. The Labute approximate surface area is 205 Å². The van der Waals surface area contributed by atoms with E-state index in [9.17, 15) is 9.59 Å². The average molecular weight is 517 g/mol. The highest BCUT2D eigenvalue weighted by Gasteiger charge is 2.11. The zero-order valence-corrected chi connectivity index (χ0v) is 19.9. The number of hydrogen-bond acceptors (Lipinski definition) is 5. The highest BCUT2D eigenvalue weighted by atomic mass is 79.9. The van der Waals surface area contributed by atoms with E-state index in [0.717, 1.165) is 26.4 Å². The smallest absolute Gasteiger partial charge is 0.343 e. The number of carbonyl (C=O) groups excluding carboxylic acids is 2. The van der Waals surface area contributed by atoms with E-state index in [1.165, 1.54) is 6.21 Å². The molecule has 0 heterocycles. The summed E-state index contributed by atoms with van der Waals surface area (Å²) in [6.07, 6.45) is 1.50. The van der Waals surface area contributed by atoms with Crippen LogP contribution in [0.4, 0.5) is 0 Å². The summed E-state index contributed by atoms with van der Waals surface area (Å²) in [4.78, 5) is 24.4. The molecule has 34 heavy (non-hydrogen) atoms. The molecule has 7 heteroatoms. The summed E-state index contributed by atoms with van der Waals surface area (Å²) in [7, 11) is 0. The number of amides is 1. The van der Waals surface area contributed by atoms with Crippen molar-refractivity contribution >= 4 is 44.8 Å². The summed E-state index contributed by atoms with van der Waals surface area (Å²) >= 11 is 3.53. The van der Waals surface area contributed by atoms with Gasteiger partial charge in [-0.3, -0.25) is 4.79 Å². The lowest BCUT2D eigenvalue weighted by atomic mass is 10.1. The van der Waals surface area contributed by atoms with Gasteiger partial charge in [-0.1, -0.05) is 48.5 Å². The van der Waals surface area contributed by atoms with Crippen LogP contribution in [0.3, 0.4) is 0 Å². The predicted molar refractivity (Wildman–Crippen MR) is 135 cm³/mol. The second-order valence-corrected chi connectivity index (χ2v) is 8.25. The van der Waals surface area contributed by atoms with Crippen molar-refractivity contribution in [2.75, 3.05) is 6.61 Å². The molecule has 0 radical (unpaired) electrons. The topological polar surface area (TPSA) is 77.0 Å². The van der Waals surface area contributed by atoms with Crippen molar-refractivity contribution in [3.63, 3.8) is 0 Å². The Kier molecular flexibility index (Phi) is 7.34. The van der Waals surface area contributed by atoms with Gasteiger partial charge in [0, 0.05) is 0 Å². The highest BCUT2D eigenvalue weighted by molar-refractivity contribution is 9.10. The molecule has 0 fully saturated rings. The Hall–Kier alpha value is -3.97. The van der Waals surface area contributed by atoms with Crippen LogP contribution in [0.25, 0.3) is 10.8 Å². The van der Waals surface area contributed by atoms with Crippen molar-refractivity contribution < 1.29 is 19.1 Å². The fourth-order valence-corrected chi connectivity index (χ4v) is 3.87. The van der Waals surface area contributed by atoms with Crippen LogP contribution >= 0.6 is 15.9 Å². The Morgan fingerprint density at radius 1 is 0.941 bits per heavy atom. The summed E-state index contributed by atoms with van der Waals surface area (Å²) < 4.78 is 11.8. The second-order valence-electron chi connectivity index (χ2n) is 7.45. The minimum absolute atomic E-state index is 0.178. The maximum Gasteiger partial charge on any atom is 0.343 e. The molecule has 0 saturated heterocycles. The number of fused-ring (bicyclic) bond motifs is 1. The molecule has 0 aromatic heterocycles. The second kappa shape index (κ2) is 10.8. The summed E-state index contributed by atoms with van der Waals surface area (Å²) in [5, 5.41) is 6.03. The van der Waals surface area contributed by atoms with Crippen molar-refractivity contribution in [2.24, 2.45) is 5.10 Å². The molecule has 1 N–H and O–H groups in total. The molecule has 0 spiro atoms. The molecule has 0 bridgehead atoms. The fourth-order valence-electron chi connectivity index (χ4n) is 3.27. The molecule has 4 aromatic rings. The lowest BCUT2D eigenvalue weighted by Crippen LogP contribution is -2.24. The van der Waals surface area contributed by atoms with Crippen LogP contribution < -0.4 is 14.9 Å². The largest absolute Gasteiger partial charge is 0.483 e. The molecule has 0 unspecified atom stereocenters. The SMILES string of the molecule is Cc1ccccc1C(=O)Oc1ccc(/C=N/NC(=O)COc2ccc3ccccc3c2Br)cc1. The molecular formula is C27H21BrN2O4. The number of rotatable bonds is 7. The Balaban J connectivity index is 1.28. The van der Waals surface area contributed by atoms with E-state index in [2.05, 4.69) is 26.5 Å². The number of nitrogens with zero attached hydrogens (tertiary/aromatic N) is 1. The summed E-state index contributed by atoms with van der Waals surface area (Å²) in [5.74, 6) is 0.197. The van der Waals surface area contributed by atoms with E-state index < -0.39 is 5.97 Å². The first-order valence-electron chi connectivity index (χ1n) is 10.5. The molecular weight excluding hydrogens is 496 g/mol. The number of esters is 1. The van der Waals surface area contributed by atoms with Gasteiger partial charge in [-0.15, -0.1) is 0 Å². The Bertz CT molecular complexity index is 1370. The molecule has 6 nitrogen and oxygen atoms in total. The molecule has 170 valence electrons. The van der Waals surface area contributed by atoms with Gasteiger partial charge in [0.05, 0.1) is 16.3 Å². The third kappa shape index (κ3) is 5.68. The maximum absolute atomic E-state index is 12.3. The van der Waals surface area contributed by atoms with E-state index in [1.54, 1.807) is 36.4 Å². The minimum atomic E-state index is -0.412. The first-order valence-corrected chi connectivity index (χ1v) is 11.3. The van der Waals surface area contributed by atoms with E-state index >= 15 is 0 Å². The van der Waals surface area contributed by atoms with E-state index in [4.69, 9.17) is 9.47 Å². The van der Waals surface area contributed by atoms with Gasteiger partial charge in [0.25, 0.3) is 5.91 Å². The van der Waals surface area contributed by atoms with Gasteiger partial charge in [0.1, 0.15) is 11.5 Å². The normalized spacial score (nSPS) is 10.9. The van der Waals surface area contributed by atoms with Gasteiger partial charge in [0.15, 0.2) is 6.61 Å². The Morgan fingerprint density at radius 3 is 2.47 bits per heavy atom. The summed E-state index contributed by atoms with van der Waals surface area (Å²) in [5.41, 5.74) is 4.54. The van der Waals surface area contributed by atoms with Crippen LogP contribution in [-0.2, 0) is 4.79 Å². The number of halogens is 1. The number of aryl methyl sites for hydroxylation is 1.